The first-order chi connectivity index (χ1) is 16.1. The van der Waals surface area contributed by atoms with Crippen LogP contribution in [0.2, 0.25) is 0 Å². The zero-order valence-electron chi connectivity index (χ0n) is 18.1. The molecule has 7 heteroatoms. The molecule has 0 unspecified atom stereocenters. The molecule has 1 aromatic heterocycles. The van der Waals surface area contributed by atoms with Gasteiger partial charge in [0, 0.05) is 69.9 Å². The maximum absolute atomic E-state index is 11.3. The quantitative estimate of drug-likeness (QED) is 0.189. The van der Waals surface area contributed by atoms with Gasteiger partial charge in [-0.2, -0.15) is 0 Å². The number of nitrogens with zero attached hydrogens (tertiary/aromatic N) is 2. The third-order valence-electron chi connectivity index (χ3n) is 5.19. The van der Waals surface area contributed by atoms with Crippen molar-refractivity contribution in [2.75, 3.05) is 18.1 Å². The first kappa shape index (κ1) is 22.2. The molecule has 0 amide bonds. The van der Waals surface area contributed by atoms with Gasteiger partial charge in [0.25, 0.3) is 0 Å². The van der Waals surface area contributed by atoms with E-state index in [1.165, 1.54) is 6.21 Å². The SMILES string of the molecule is CNc1cc(Cc2cnc(-c3ccc(N)c(C=N)c3)nc2)ccc1Sc1ccccc1C=O. The Kier molecular flexibility index (Phi) is 6.80. The zero-order valence-corrected chi connectivity index (χ0v) is 18.9. The van der Waals surface area contributed by atoms with Crippen LogP contribution in [0.15, 0.2) is 82.8 Å². The molecule has 4 aromatic rings. The summed E-state index contributed by atoms with van der Waals surface area (Å²) in [7, 11) is 1.89. The van der Waals surface area contributed by atoms with Gasteiger partial charge < -0.3 is 16.5 Å². The number of anilines is 2. The molecule has 1 heterocycles. The number of aromatic nitrogens is 2. The number of aldehydes is 1. The molecular formula is C26H23N5OS. The lowest BCUT2D eigenvalue weighted by Crippen LogP contribution is -1.98. The summed E-state index contributed by atoms with van der Waals surface area (Å²) in [5.74, 6) is 0.596. The van der Waals surface area contributed by atoms with Crippen molar-refractivity contribution in [3.8, 4) is 11.4 Å². The zero-order chi connectivity index (χ0) is 23.2. The number of hydrogen-bond acceptors (Lipinski definition) is 7. The Balaban J connectivity index is 1.52. The third kappa shape index (κ3) is 5.10. The first-order valence-electron chi connectivity index (χ1n) is 10.4. The van der Waals surface area contributed by atoms with E-state index in [4.69, 9.17) is 11.1 Å². The fourth-order valence-corrected chi connectivity index (χ4v) is 4.46. The monoisotopic (exact) mass is 453 g/mol. The minimum Gasteiger partial charge on any atom is -0.398 e. The second-order valence-corrected chi connectivity index (χ2v) is 8.50. The second kappa shape index (κ2) is 10.1. The minimum atomic E-state index is 0.557. The largest absolute Gasteiger partial charge is 0.398 e. The van der Waals surface area contributed by atoms with Gasteiger partial charge >= 0.3 is 0 Å². The highest BCUT2D eigenvalue weighted by Gasteiger charge is 2.10. The maximum atomic E-state index is 11.3. The van der Waals surface area contributed by atoms with Gasteiger partial charge in [-0.25, -0.2) is 9.97 Å². The van der Waals surface area contributed by atoms with Gasteiger partial charge in [-0.05, 0) is 47.5 Å². The number of carbonyl (C=O) groups is 1. The molecular weight excluding hydrogens is 430 g/mol. The molecule has 6 nitrogen and oxygen atoms in total. The fraction of sp³-hybridized carbons (Fsp3) is 0.0769. The molecule has 0 radical (unpaired) electrons. The topological polar surface area (TPSA) is 105 Å². The molecule has 33 heavy (non-hydrogen) atoms. The second-order valence-electron chi connectivity index (χ2n) is 7.42. The Hall–Kier alpha value is -3.97. The number of nitrogens with two attached hydrogens (primary N) is 1. The van der Waals surface area contributed by atoms with Crippen molar-refractivity contribution in [2.24, 2.45) is 0 Å². The number of hydrogen-bond donors (Lipinski definition) is 3. The van der Waals surface area contributed by atoms with Gasteiger partial charge in [0.2, 0.25) is 0 Å². The van der Waals surface area contributed by atoms with Crippen molar-refractivity contribution in [1.29, 1.82) is 5.41 Å². The Morgan fingerprint density at radius 3 is 2.48 bits per heavy atom. The van der Waals surface area contributed by atoms with Crippen LogP contribution in [0.5, 0.6) is 0 Å². The van der Waals surface area contributed by atoms with Crippen molar-refractivity contribution in [3.05, 3.63) is 95.3 Å². The molecule has 3 aromatic carbocycles. The number of nitrogen functional groups attached to an aromatic ring is 1. The maximum Gasteiger partial charge on any atom is 0.159 e. The number of nitrogens with one attached hydrogen (secondary N) is 2. The van der Waals surface area contributed by atoms with Gasteiger partial charge in [0.15, 0.2) is 12.1 Å². The van der Waals surface area contributed by atoms with Gasteiger partial charge in [-0.1, -0.05) is 36.0 Å². The van der Waals surface area contributed by atoms with Crippen LogP contribution >= 0.6 is 11.8 Å². The Morgan fingerprint density at radius 1 is 0.970 bits per heavy atom. The normalized spacial score (nSPS) is 10.6. The molecule has 0 aliphatic carbocycles. The molecule has 0 atom stereocenters. The van der Waals surface area contributed by atoms with Crippen LogP contribution < -0.4 is 11.1 Å². The van der Waals surface area contributed by atoms with Gasteiger partial charge in [-0.3, -0.25) is 4.79 Å². The van der Waals surface area contributed by atoms with Crippen LogP contribution in [-0.2, 0) is 6.42 Å². The van der Waals surface area contributed by atoms with Crippen LogP contribution in [0.4, 0.5) is 11.4 Å². The van der Waals surface area contributed by atoms with Crippen LogP contribution in [-0.4, -0.2) is 29.5 Å². The average Bonchev–Trinajstić information content (AvgIpc) is 2.86. The molecule has 0 fully saturated rings. The number of carbonyl (C=O) groups excluding carboxylic acids is 1. The van der Waals surface area contributed by atoms with E-state index in [-0.39, 0.29) is 0 Å². The highest BCUT2D eigenvalue weighted by Crippen LogP contribution is 2.35. The van der Waals surface area contributed by atoms with Crippen molar-refractivity contribution < 1.29 is 4.79 Å². The molecule has 0 bridgehead atoms. The van der Waals surface area contributed by atoms with E-state index < -0.39 is 0 Å². The fourth-order valence-electron chi connectivity index (χ4n) is 3.43. The molecule has 4 N–H and O–H groups in total. The summed E-state index contributed by atoms with van der Waals surface area (Å²) in [4.78, 5) is 22.3. The molecule has 0 saturated carbocycles. The van der Waals surface area contributed by atoms with E-state index in [9.17, 15) is 4.79 Å². The van der Waals surface area contributed by atoms with Crippen molar-refractivity contribution in [1.82, 2.24) is 9.97 Å². The van der Waals surface area contributed by atoms with E-state index in [0.717, 1.165) is 38.5 Å². The van der Waals surface area contributed by atoms with Crippen LogP contribution in [0.1, 0.15) is 27.0 Å². The van der Waals surface area contributed by atoms with E-state index in [1.807, 2.05) is 55.8 Å². The Morgan fingerprint density at radius 2 is 1.76 bits per heavy atom. The third-order valence-corrected chi connectivity index (χ3v) is 6.36. The molecule has 0 aliphatic rings. The number of rotatable bonds is 8. The lowest BCUT2D eigenvalue weighted by molar-refractivity contribution is 0.112. The van der Waals surface area contributed by atoms with Crippen LogP contribution in [0, 0.1) is 5.41 Å². The van der Waals surface area contributed by atoms with Crippen molar-refractivity contribution >= 4 is 35.6 Å². The lowest BCUT2D eigenvalue weighted by Gasteiger charge is -2.12. The van der Waals surface area contributed by atoms with Gasteiger partial charge in [0.1, 0.15) is 0 Å². The predicted octanol–water partition coefficient (Wildman–Crippen LogP) is 5.32. The predicted molar refractivity (Wildman–Crippen MR) is 135 cm³/mol. The minimum absolute atomic E-state index is 0.557. The highest BCUT2D eigenvalue weighted by atomic mass is 32.2. The molecule has 0 spiro atoms. The van der Waals surface area contributed by atoms with Crippen molar-refractivity contribution in [3.63, 3.8) is 0 Å². The van der Waals surface area contributed by atoms with E-state index in [2.05, 4.69) is 33.5 Å². The van der Waals surface area contributed by atoms with Crippen LogP contribution in [0.3, 0.4) is 0 Å². The summed E-state index contributed by atoms with van der Waals surface area (Å²) < 4.78 is 0. The molecule has 0 aliphatic heterocycles. The average molecular weight is 454 g/mol. The van der Waals surface area contributed by atoms with Gasteiger partial charge in [-0.15, -0.1) is 0 Å². The Labute approximate surface area is 196 Å². The molecule has 4 rings (SSSR count). The molecule has 0 saturated heterocycles. The Bertz CT molecular complexity index is 1300. The van der Waals surface area contributed by atoms with E-state index in [0.29, 0.717) is 29.1 Å². The summed E-state index contributed by atoms with van der Waals surface area (Å²) in [6.07, 6.45) is 6.45. The standard InChI is InChI=1S/C26H23N5OS/c1-29-23-11-17(6-9-25(23)33-24-5-3-2-4-20(24)16-32)10-18-14-30-26(31-15-18)19-7-8-22(28)21(12-19)13-27/h2-9,11-16,27,29H,10,28H2,1H3. The first-order valence-corrected chi connectivity index (χ1v) is 11.2. The van der Waals surface area contributed by atoms with E-state index >= 15 is 0 Å². The van der Waals surface area contributed by atoms with E-state index in [1.54, 1.807) is 17.8 Å². The summed E-state index contributed by atoms with van der Waals surface area (Å²) in [5, 5.41) is 10.7. The summed E-state index contributed by atoms with van der Waals surface area (Å²) in [6, 6.07) is 19.3. The highest BCUT2D eigenvalue weighted by molar-refractivity contribution is 7.99. The number of benzene rings is 3. The smallest absolute Gasteiger partial charge is 0.159 e. The van der Waals surface area contributed by atoms with Crippen LogP contribution in [0.25, 0.3) is 11.4 Å². The summed E-state index contributed by atoms with van der Waals surface area (Å²) in [5.41, 5.74) is 11.7. The molecule has 164 valence electrons. The van der Waals surface area contributed by atoms with Crippen molar-refractivity contribution in [2.45, 2.75) is 16.2 Å². The summed E-state index contributed by atoms with van der Waals surface area (Å²) in [6.45, 7) is 0. The lowest BCUT2D eigenvalue weighted by atomic mass is 10.1. The van der Waals surface area contributed by atoms with Gasteiger partial charge in [0.05, 0.1) is 0 Å². The summed E-state index contributed by atoms with van der Waals surface area (Å²) >= 11 is 1.57.